The van der Waals surface area contributed by atoms with Crippen LogP contribution < -0.4 is 5.32 Å². The van der Waals surface area contributed by atoms with Crippen LogP contribution in [-0.4, -0.2) is 38.1 Å². The lowest BCUT2D eigenvalue weighted by atomic mass is 9.81. The Morgan fingerprint density at radius 3 is 2.54 bits per heavy atom. The SMILES string of the molecule is CC(CC1CCC1)NCCN(C)C. The summed E-state index contributed by atoms with van der Waals surface area (Å²) in [6.07, 6.45) is 5.79. The summed E-state index contributed by atoms with van der Waals surface area (Å²) < 4.78 is 0. The fraction of sp³-hybridized carbons (Fsp3) is 1.00. The molecule has 78 valence electrons. The van der Waals surface area contributed by atoms with Gasteiger partial charge in [0.1, 0.15) is 0 Å². The van der Waals surface area contributed by atoms with Gasteiger partial charge in [0, 0.05) is 19.1 Å². The minimum atomic E-state index is 0.713. The quantitative estimate of drug-likeness (QED) is 0.676. The van der Waals surface area contributed by atoms with Crippen molar-refractivity contribution in [2.75, 3.05) is 27.2 Å². The van der Waals surface area contributed by atoms with Gasteiger partial charge in [-0.05, 0) is 33.4 Å². The van der Waals surface area contributed by atoms with Crippen molar-refractivity contribution < 1.29 is 0 Å². The van der Waals surface area contributed by atoms with Crippen molar-refractivity contribution in [3.63, 3.8) is 0 Å². The van der Waals surface area contributed by atoms with Crippen LogP contribution >= 0.6 is 0 Å². The van der Waals surface area contributed by atoms with Gasteiger partial charge in [0.25, 0.3) is 0 Å². The van der Waals surface area contributed by atoms with E-state index in [9.17, 15) is 0 Å². The van der Waals surface area contributed by atoms with E-state index in [1.165, 1.54) is 25.7 Å². The molecule has 1 fully saturated rings. The van der Waals surface area contributed by atoms with E-state index in [0.29, 0.717) is 6.04 Å². The lowest BCUT2D eigenvalue weighted by Gasteiger charge is -2.28. The van der Waals surface area contributed by atoms with E-state index in [2.05, 4.69) is 31.2 Å². The van der Waals surface area contributed by atoms with Gasteiger partial charge in [0.15, 0.2) is 0 Å². The van der Waals surface area contributed by atoms with Crippen molar-refractivity contribution in [2.24, 2.45) is 5.92 Å². The minimum absolute atomic E-state index is 0.713. The van der Waals surface area contributed by atoms with Crippen LogP contribution in [0.15, 0.2) is 0 Å². The topological polar surface area (TPSA) is 15.3 Å². The molecule has 0 radical (unpaired) electrons. The molecule has 0 aromatic rings. The van der Waals surface area contributed by atoms with Crippen LogP contribution in [0.25, 0.3) is 0 Å². The summed E-state index contributed by atoms with van der Waals surface area (Å²) in [6, 6.07) is 0.713. The highest BCUT2D eigenvalue weighted by Gasteiger charge is 2.19. The number of nitrogens with one attached hydrogen (secondary N) is 1. The molecule has 1 atom stereocenters. The standard InChI is InChI=1S/C11H24N2/c1-10(9-11-5-4-6-11)12-7-8-13(2)3/h10-12H,4-9H2,1-3H3. The Kier molecular flexibility index (Phi) is 4.74. The van der Waals surface area contributed by atoms with Gasteiger partial charge in [-0.15, -0.1) is 0 Å². The van der Waals surface area contributed by atoms with E-state index < -0.39 is 0 Å². The first-order chi connectivity index (χ1) is 6.18. The van der Waals surface area contributed by atoms with Gasteiger partial charge in [0.2, 0.25) is 0 Å². The first-order valence-corrected chi connectivity index (χ1v) is 5.56. The fourth-order valence-electron chi connectivity index (χ4n) is 1.85. The predicted octanol–water partition coefficient (Wildman–Crippen LogP) is 1.72. The van der Waals surface area contributed by atoms with Crippen LogP contribution in [0.1, 0.15) is 32.6 Å². The van der Waals surface area contributed by atoms with Crippen LogP contribution in [0.2, 0.25) is 0 Å². The van der Waals surface area contributed by atoms with Gasteiger partial charge < -0.3 is 10.2 Å². The molecule has 0 heterocycles. The van der Waals surface area contributed by atoms with Crippen molar-refractivity contribution in [2.45, 2.75) is 38.6 Å². The first kappa shape index (κ1) is 11.0. The molecule has 0 aromatic heterocycles. The molecule has 0 aliphatic heterocycles. The molecule has 0 spiro atoms. The molecular formula is C11H24N2. The summed E-state index contributed by atoms with van der Waals surface area (Å²) in [6.45, 7) is 4.59. The normalized spacial score (nSPS) is 20.3. The molecule has 1 N–H and O–H groups in total. The number of rotatable bonds is 6. The molecule has 2 heteroatoms. The van der Waals surface area contributed by atoms with E-state index in [1.807, 2.05) is 0 Å². The summed E-state index contributed by atoms with van der Waals surface area (Å²) in [7, 11) is 4.25. The van der Waals surface area contributed by atoms with Gasteiger partial charge in [-0.3, -0.25) is 0 Å². The Morgan fingerprint density at radius 2 is 2.08 bits per heavy atom. The van der Waals surface area contributed by atoms with E-state index >= 15 is 0 Å². The zero-order valence-electron chi connectivity index (χ0n) is 9.34. The molecule has 1 aliphatic carbocycles. The Bertz CT molecular complexity index is 130. The van der Waals surface area contributed by atoms with E-state index in [1.54, 1.807) is 0 Å². The molecular weight excluding hydrogens is 160 g/mol. The molecule has 2 nitrogen and oxygen atoms in total. The van der Waals surface area contributed by atoms with Crippen LogP contribution in [-0.2, 0) is 0 Å². The van der Waals surface area contributed by atoms with E-state index in [4.69, 9.17) is 0 Å². The van der Waals surface area contributed by atoms with Crippen molar-refractivity contribution in [1.29, 1.82) is 0 Å². The van der Waals surface area contributed by atoms with Crippen molar-refractivity contribution in [1.82, 2.24) is 10.2 Å². The Hall–Kier alpha value is -0.0800. The lowest BCUT2D eigenvalue weighted by Crippen LogP contribution is -2.35. The van der Waals surface area contributed by atoms with E-state index in [0.717, 1.165) is 19.0 Å². The lowest BCUT2D eigenvalue weighted by molar-refractivity contribution is 0.262. The third kappa shape index (κ3) is 4.63. The zero-order valence-corrected chi connectivity index (χ0v) is 9.34. The van der Waals surface area contributed by atoms with Crippen molar-refractivity contribution >= 4 is 0 Å². The molecule has 0 bridgehead atoms. The largest absolute Gasteiger partial charge is 0.313 e. The first-order valence-electron chi connectivity index (χ1n) is 5.56. The summed E-state index contributed by atoms with van der Waals surface area (Å²) in [5.41, 5.74) is 0. The third-order valence-corrected chi connectivity index (χ3v) is 2.96. The molecule has 1 unspecified atom stereocenters. The Labute approximate surface area is 82.7 Å². The van der Waals surface area contributed by atoms with Gasteiger partial charge in [-0.2, -0.15) is 0 Å². The highest BCUT2D eigenvalue weighted by atomic mass is 15.1. The Balaban J connectivity index is 1.93. The number of hydrogen-bond acceptors (Lipinski definition) is 2. The predicted molar refractivity (Wildman–Crippen MR) is 58.0 cm³/mol. The summed E-state index contributed by atoms with van der Waals surface area (Å²) in [4.78, 5) is 2.23. The average molecular weight is 184 g/mol. The minimum Gasteiger partial charge on any atom is -0.313 e. The summed E-state index contributed by atoms with van der Waals surface area (Å²) in [5, 5.41) is 3.57. The third-order valence-electron chi connectivity index (χ3n) is 2.96. The second-order valence-electron chi connectivity index (χ2n) is 4.69. The molecule has 1 rings (SSSR count). The molecule has 0 aromatic carbocycles. The van der Waals surface area contributed by atoms with Crippen molar-refractivity contribution in [3.8, 4) is 0 Å². The molecule has 0 amide bonds. The van der Waals surface area contributed by atoms with Crippen LogP contribution in [0.5, 0.6) is 0 Å². The second kappa shape index (κ2) is 5.61. The maximum atomic E-state index is 3.57. The number of hydrogen-bond donors (Lipinski definition) is 1. The van der Waals surface area contributed by atoms with Crippen LogP contribution in [0.4, 0.5) is 0 Å². The molecule has 13 heavy (non-hydrogen) atoms. The van der Waals surface area contributed by atoms with E-state index in [-0.39, 0.29) is 0 Å². The second-order valence-corrected chi connectivity index (χ2v) is 4.69. The summed E-state index contributed by atoms with van der Waals surface area (Å²) >= 11 is 0. The van der Waals surface area contributed by atoms with Crippen LogP contribution in [0, 0.1) is 5.92 Å². The van der Waals surface area contributed by atoms with Gasteiger partial charge in [-0.25, -0.2) is 0 Å². The average Bonchev–Trinajstić information content (AvgIpc) is 1.96. The maximum absolute atomic E-state index is 3.57. The molecule has 1 saturated carbocycles. The number of nitrogens with zero attached hydrogens (tertiary/aromatic N) is 1. The molecule has 1 aliphatic rings. The summed E-state index contributed by atoms with van der Waals surface area (Å²) in [5.74, 6) is 1.03. The van der Waals surface area contributed by atoms with Crippen molar-refractivity contribution in [3.05, 3.63) is 0 Å². The monoisotopic (exact) mass is 184 g/mol. The zero-order chi connectivity index (χ0) is 9.68. The molecule has 0 saturated heterocycles. The number of likely N-dealkylation sites (N-methyl/N-ethyl adjacent to an activating group) is 1. The highest BCUT2D eigenvalue weighted by molar-refractivity contribution is 4.74. The fourth-order valence-corrected chi connectivity index (χ4v) is 1.85. The Morgan fingerprint density at radius 1 is 1.38 bits per heavy atom. The van der Waals surface area contributed by atoms with Gasteiger partial charge in [-0.1, -0.05) is 19.3 Å². The van der Waals surface area contributed by atoms with Crippen LogP contribution in [0.3, 0.4) is 0 Å². The highest BCUT2D eigenvalue weighted by Crippen LogP contribution is 2.30. The van der Waals surface area contributed by atoms with Gasteiger partial charge in [0.05, 0.1) is 0 Å². The maximum Gasteiger partial charge on any atom is 0.0101 e. The smallest absolute Gasteiger partial charge is 0.0101 e. The van der Waals surface area contributed by atoms with Gasteiger partial charge >= 0.3 is 0 Å².